The third kappa shape index (κ3) is 3.10. The standard InChI is InChI=1S/C18H18N2O3S/c1-19-17(21)16-11-20(14-5-3-4-6-15(14)23-16)18(22)12-7-9-13(24-2)10-8-12/h3-10,16H,11H2,1-2H3,(H,19,21)/t16-/m0/s1. The number of carbonyl (C=O) groups is 2. The number of anilines is 1. The first kappa shape index (κ1) is 16.4. The molecule has 1 atom stereocenters. The van der Waals surface area contributed by atoms with Crippen LogP contribution in [0.4, 0.5) is 5.69 Å². The molecule has 6 heteroatoms. The summed E-state index contributed by atoms with van der Waals surface area (Å²) < 4.78 is 5.73. The van der Waals surface area contributed by atoms with Crippen LogP contribution in [-0.4, -0.2) is 37.8 Å². The minimum Gasteiger partial charge on any atom is -0.477 e. The molecule has 2 aromatic rings. The number of hydrogen-bond donors (Lipinski definition) is 1. The molecule has 2 aromatic carbocycles. The highest BCUT2D eigenvalue weighted by Crippen LogP contribution is 2.34. The zero-order valence-electron chi connectivity index (χ0n) is 13.5. The summed E-state index contributed by atoms with van der Waals surface area (Å²) in [5, 5.41) is 2.58. The second-order valence-electron chi connectivity index (χ2n) is 5.33. The van der Waals surface area contributed by atoms with Gasteiger partial charge in [-0.25, -0.2) is 0 Å². The molecular weight excluding hydrogens is 324 g/mol. The summed E-state index contributed by atoms with van der Waals surface area (Å²) >= 11 is 1.62. The van der Waals surface area contributed by atoms with Crippen molar-refractivity contribution in [2.24, 2.45) is 0 Å². The van der Waals surface area contributed by atoms with Crippen LogP contribution in [0.1, 0.15) is 10.4 Å². The van der Waals surface area contributed by atoms with E-state index in [-0.39, 0.29) is 18.4 Å². The van der Waals surface area contributed by atoms with Gasteiger partial charge in [-0.1, -0.05) is 12.1 Å². The number of benzene rings is 2. The van der Waals surface area contributed by atoms with Crippen molar-refractivity contribution in [2.75, 3.05) is 24.7 Å². The highest BCUT2D eigenvalue weighted by Gasteiger charge is 2.33. The number of ether oxygens (including phenoxy) is 1. The number of nitrogens with one attached hydrogen (secondary N) is 1. The molecule has 0 bridgehead atoms. The van der Waals surface area contributed by atoms with Crippen LogP contribution >= 0.6 is 11.8 Å². The lowest BCUT2D eigenvalue weighted by Gasteiger charge is -2.34. The number of rotatable bonds is 3. The maximum atomic E-state index is 13.0. The van der Waals surface area contributed by atoms with E-state index in [1.54, 1.807) is 41.9 Å². The van der Waals surface area contributed by atoms with E-state index in [0.29, 0.717) is 17.0 Å². The Balaban J connectivity index is 1.94. The Hall–Kier alpha value is -2.47. The molecule has 0 aliphatic carbocycles. The Labute approximate surface area is 145 Å². The molecule has 5 nitrogen and oxygen atoms in total. The van der Waals surface area contributed by atoms with Gasteiger partial charge in [0.15, 0.2) is 6.10 Å². The molecule has 0 saturated carbocycles. The number of carbonyl (C=O) groups excluding carboxylic acids is 2. The molecule has 0 radical (unpaired) electrons. The van der Waals surface area contributed by atoms with Crippen LogP contribution in [0.2, 0.25) is 0 Å². The van der Waals surface area contributed by atoms with Gasteiger partial charge < -0.3 is 15.0 Å². The van der Waals surface area contributed by atoms with Gasteiger partial charge in [0.1, 0.15) is 5.75 Å². The Morgan fingerprint density at radius 3 is 2.54 bits per heavy atom. The SMILES string of the molecule is CNC(=O)[C@@H]1CN(C(=O)c2ccc(SC)cc2)c2ccccc2O1. The van der Waals surface area contributed by atoms with E-state index in [0.717, 1.165) is 4.90 Å². The zero-order chi connectivity index (χ0) is 17.1. The van der Waals surface area contributed by atoms with Crippen molar-refractivity contribution in [2.45, 2.75) is 11.0 Å². The fourth-order valence-electron chi connectivity index (χ4n) is 2.61. The lowest BCUT2D eigenvalue weighted by molar-refractivity contribution is -0.127. The Morgan fingerprint density at radius 1 is 1.17 bits per heavy atom. The van der Waals surface area contributed by atoms with E-state index in [1.165, 1.54) is 0 Å². The van der Waals surface area contributed by atoms with Gasteiger partial charge in [0.25, 0.3) is 11.8 Å². The number of fused-ring (bicyclic) bond motifs is 1. The highest BCUT2D eigenvalue weighted by atomic mass is 32.2. The van der Waals surface area contributed by atoms with E-state index in [9.17, 15) is 9.59 Å². The molecule has 24 heavy (non-hydrogen) atoms. The molecule has 124 valence electrons. The molecular formula is C18H18N2O3S. The quantitative estimate of drug-likeness (QED) is 0.871. The lowest BCUT2D eigenvalue weighted by atomic mass is 10.1. The third-order valence-electron chi connectivity index (χ3n) is 3.89. The minimum absolute atomic E-state index is 0.146. The monoisotopic (exact) mass is 342 g/mol. The van der Waals surface area contributed by atoms with Gasteiger partial charge in [-0.3, -0.25) is 9.59 Å². The number of thioether (sulfide) groups is 1. The molecule has 1 aliphatic heterocycles. The van der Waals surface area contributed by atoms with Gasteiger partial charge in [-0.15, -0.1) is 11.8 Å². The molecule has 1 aliphatic rings. The summed E-state index contributed by atoms with van der Waals surface area (Å²) in [6.07, 6.45) is 1.27. The Morgan fingerprint density at radius 2 is 1.88 bits per heavy atom. The van der Waals surface area contributed by atoms with Crippen LogP contribution in [0, 0.1) is 0 Å². The Kier molecular flexibility index (Phi) is 4.76. The van der Waals surface area contributed by atoms with Gasteiger partial charge in [-0.2, -0.15) is 0 Å². The topological polar surface area (TPSA) is 58.6 Å². The molecule has 1 heterocycles. The first-order valence-corrected chi connectivity index (χ1v) is 8.79. The summed E-state index contributed by atoms with van der Waals surface area (Å²) in [5.74, 6) is 0.138. The van der Waals surface area contributed by atoms with Crippen molar-refractivity contribution in [3.05, 3.63) is 54.1 Å². The maximum absolute atomic E-state index is 13.0. The molecule has 2 amide bonds. The first-order chi connectivity index (χ1) is 11.6. The lowest BCUT2D eigenvalue weighted by Crippen LogP contribution is -2.50. The van der Waals surface area contributed by atoms with Crippen molar-refractivity contribution >= 4 is 29.3 Å². The smallest absolute Gasteiger partial charge is 0.262 e. The molecule has 0 unspecified atom stereocenters. The normalized spacial score (nSPS) is 16.1. The molecule has 1 N–H and O–H groups in total. The van der Waals surface area contributed by atoms with Gasteiger partial charge in [0, 0.05) is 17.5 Å². The third-order valence-corrected chi connectivity index (χ3v) is 4.64. The minimum atomic E-state index is -0.723. The van der Waals surface area contributed by atoms with Crippen molar-refractivity contribution in [3.8, 4) is 5.75 Å². The number of amides is 2. The van der Waals surface area contributed by atoms with E-state index in [2.05, 4.69) is 5.32 Å². The second-order valence-corrected chi connectivity index (χ2v) is 6.21. The first-order valence-electron chi connectivity index (χ1n) is 7.57. The fraction of sp³-hybridized carbons (Fsp3) is 0.222. The van der Waals surface area contributed by atoms with Crippen LogP contribution in [0.5, 0.6) is 5.75 Å². The molecule has 0 spiro atoms. The molecule has 0 saturated heterocycles. The average molecular weight is 342 g/mol. The fourth-order valence-corrected chi connectivity index (χ4v) is 3.02. The molecule has 0 fully saturated rings. The largest absolute Gasteiger partial charge is 0.477 e. The number of para-hydroxylation sites is 2. The van der Waals surface area contributed by atoms with Gasteiger partial charge in [0.05, 0.1) is 12.2 Å². The van der Waals surface area contributed by atoms with Gasteiger partial charge in [0.2, 0.25) is 0 Å². The number of nitrogens with zero attached hydrogens (tertiary/aromatic N) is 1. The van der Waals surface area contributed by atoms with Crippen LogP contribution in [0.25, 0.3) is 0 Å². The summed E-state index contributed by atoms with van der Waals surface area (Å²) in [6, 6.07) is 14.7. The number of hydrogen-bond acceptors (Lipinski definition) is 4. The van der Waals surface area contributed by atoms with E-state index < -0.39 is 6.10 Å². The van der Waals surface area contributed by atoms with Crippen molar-refractivity contribution < 1.29 is 14.3 Å². The summed E-state index contributed by atoms with van der Waals surface area (Å²) in [6.45, 7) is 0.180. The predicted octanol–water partition coefficient (Wildman–Crippen LogP) is 2.56. The Bertz CT molecular complexity index is 761. The van der Waals surface area contributed by atoms with Crippen LogP contribution in [0.15, 0.2) is 53.4 Å². The summed E-state index contributed by atoms with van der Waals surface area (Å²) in [5.41, 5.74) is 1.26. The van der Waals surface area contributed by atoms with E-state index in [1.807, 2.05) is 36.6 Å². The average Bonchev–Trinajstić information content (AvgIpc) is 2.66. The predicted molar refractivity (Wildman–Crippen MR) is 94.8 cm³/mol. The summed E-state index contributed by atoms with van der Waals surface area (Å²) in [7, 11) is 1.56. The number of likely N-dealkylation sites (N-methyl/N-ethyl adjacent to an activating group) is 1. The van der Waals surface area contributed by atoms with Crippen LogP contribution < -0.4 is 15.0 Å². The van der Waals surface area contributed by atoms with E-state index in [4.69, 9.17) is 4.74 Å². The van der Waals surface area contributed by atoms with Gasteiger partial charge >= 0.3 is 0 Å². The van der Waals surface area contributed by atoms with Gasteiger partial charge in [-0.05, 0) is 42.7 Å². The summed E-state index contributed by atoms with van der Waals surface area (Å²) in [4.78, 5) is 27.6. The van der Waals surface area contributed by atoms with Crippen molar-refractivity contribution in [3.63, 3.8) is 0 Å². The van der Waals surface area contributed by atoms with Crippen LogP contribution in [-0.2, 0) is 4.79 Å². The highest BCUT2D eigenvalue weighted by molar-refractivity contribution is 7.98. The van der Waals surface area contributed by atoms with E-state index >= 15 is 0 Å². The van der Waals surface area contributed by atoms with Crippen molar-refractivity contribution in [1.82, 2.24) is 5.32 Å². The van der Waals surface area contributed by atoms with Crippen LogP contribution in [0.3, 0.4) is 0 Å². The maximum Gasteiger partial charge on any atom is 0.262 e. The molecule has 3 rings (SSSR count). The zero-order valence-corrected chi connectivity index (χ0v) is 14.3. The van der Waals surface area contributed by atoms with Crippen molar-refractivity contribution in [1.29, 1.82) is 0 Å². The molecule has 0 aromatic heterocycles. The second kappa shape index (κ2) is 6.97.